The van der Waals surface area contributed by atoms with Gasteiger partial charge in [0.2, 0.25) is 5.88 Å². The standard InChI is InChI=1S/C30H30N6O3/c1-30(2,37)20-39-25-14-26(29-24(15-31)18-34-36(29)19-25)23-7-8-27(32-17-23)35-12-10-21(11-13-35)4-5-22-6-9-28(38-3)33-16-22/h6-9,14,16-19,21,37H,10-13,20H2,1-3H3. The normalized spacial score (nSPS) is 14.0. The van der Waals surface area contributed by atoms with Crippen LogP contribution in [0, 0.1) is 29.1 Å². The summed E-state index contributed by atoms with van der Waals surface area (Å²) >= 11 is 0. The van der Waals surface area contributed by atoms with E-state index in [9.17, 15) is 10.4 Å². The zero-order valence-corrected chi connectivity index (χ0v) is 22.3. The van der Waals surface area contributed by atoms with E-state index in [-0.39, 0.29) is 6.61 Å². The van der Waals surface area contributed by atoms with Crippen LogP contribution in [0.5, 0.6) is 11.6 Å². The van der Waals surface area contributed by atoms with Crippen molar-refractivity contribution in [1.82, 2.24) is 19.6 Å². The van der Waals surface area contributed by atoms with Gasteiger partial charge < -0.3 is 19.5 Å². The highest BCUT2D eigenvalue weighted by molar-refractivity contribution is 5.85. The number of piperidine rings is 1. The molecule has 1 N–H and O–H groups in total. The van der Waals surface area contributed by atoms with Crippen molar-refractivity contribution in [1.29, 1.82) is 5.26 Å². The van der Waals surface area contributed by atoms with Crippen LogP contribution >= 0.6 is 0 Å². The zero-order valence-electron chi connectivity index (χ0n) is 22.3. The lowest BCUT2D eigenvalue weighted by atomic mass is 9.97. The SMILES string of the molecule is COc1ccc(C#CC2CCN(c3ccc(-c4cc(OCC(C)(C)O)cn5ncc(C#N)c45)cn3)CC2)cn1. The van der Waals surface area contributed by atoms with E-state index < -0.39 is 5.60 Å². The minimum Gasteiger partial charge on any atom is -0.489 e. The summed E-state index contributed by atoms with van der Waals surface area (Å²) in [4.78, 5) is 11.2. The highest BCUT2D eigenvalue weighted by Gasteiger charge is 2.20. The van der Waals surface area contributed by atoms with Crippen molar-refractivity contribution in [3.63, 3.8) is 0 Å². The molecule has 39 heavy (non-hydrogen) atoms. The number of methoxy groups -OCH3 is 1. The molecule has 5 rings (SSSR count). The fourth-order valence-corrected chi connectivity index (χ4v) is 4.48. The monoisotopic (exact) mass is 522 g/mol. The highest BCUT2D eigenvalue weighted by atomic mass is 16.5. The van der Waals surface area contributed by atoms with Gasteiger partial charge in [-0.2, -0.15) is 10.4 Å². The summed E-state index contributed by atoms with van der Waals surface area (Å²) in [5, 5.41) is 24.0. The number of hydrogen-bond donors (Lipinski definition) is 1. The third-order valence-corrected chi connectivity index (χ3v) is 6.54. The molecule has 9 nitrogen and oxygen atoms in total. The second-order valence-electron chi connectivity index (χ2n) is 10.2. The largest absolute Gasteiger partial charge is 0.489 e. The van der Waals surface area contributed by atoms with E-state index in [1.807, 2.05) is 36.5 Å². The van der Waals surface area contributed by atoms with Crippen molar-refractivity contribution in [3.8, 4) is 40.7 Å². The van der Waals surface area contributed by atoms with Gasteiger partial charge in [-0.1, -0.05) is 11.8 Å². The first-order valence-electron chi connectivity index (χ1n) is 12.8. The summed E-state index contributed by atoms with van der Waals surface area (Å²) in [7, 11) is 1.60. The Morgan fingerprint density at radius 1 is 1.10 bits per heavy atom. The van der Waals surface area contributed by atoms with Gasteiger partial charge in [0.15, 0.2) is 0 Å². The van der Waals surface area contributed by atoms with Crippen LogP contribution in [0.3, 0.4) is 0 Å². The third kappa shape index (κ3) is 6.11. The van der Waals surface area contributed by atoms with Gasteiger partial charge in [-0.3, -0.25) is 0 Å². The van der Waals surface area contributed by atoms with Crippen molar-refractivity contribution in [3.05, 3.63) is 66.2 Å². The molecule has 4 aromatic heterocycles. The highest BCUT2D eigenvalue weighted by Crippen LogP contribution is 2.32. The molecule has 0 radical (unpaired) electrons. The number of nitrogens with zero attached hydrogens (tertiary/aromatic N) is 6. The maximum Gasteiger partial charge on any atom is 0.212 e. The number of rotatable bonds is 6. The lowest BCUT2D eigenvalue weighted by Crippen LogP contribution is -2.33. The van der Waals surface area contributed by atoms with Gasteiger partial charge in [-0.25, -0.2) is 14.5 Å². The van der Waals surface area contributed by atoms with Gasteiger partial charge in [0.25, 0.3) is 0 Å². The molecule has 1 aliphatic rings. The lowest BCUT2D eigenvalue weighted by molar-refractivity contribution is 0.0283. The van der Waals surface area contributed by atoms with Gasteiger partial charge in [-0.15, -0.1) is 0 Å². The molecular weight excluding hydrogens is 492 g/mol. The first-order valence-corrected chi connectivity index (χ1v) is 12.8. The molecule has 0 saturated carbocycles. The molecule has 0 atom stereocenters. The van der Waals surface area contributed by atoms with E-state index in [2.05, 4.69) is 32.9 Å². The molecule has 5 heterocycles. The molecule has 0 amide bonds. The van der Waals surface area contributed by atoms with Crippen LogP contribution in [0.25, 0.3) is 16.6 Å². The van der Waals surface area contributed by atoms with E-state index in [1.165, 1.54) is 0 Å². The van der Waals surface area contributed by atoms with Crippen LogP contribution in [0.2, 0.25) is 0 Å². The third-order valence-electron chi connectivity index (χ3n) is 6.54. The quantitative estimate of drug-likeness (QED) is 0.377. The van der Waals surface area contributed by atoms with Crippen LogP contribution < -0.4 is 14.4 Å². The Morgan fingerprint density at radius 2 is 1.92 bits per heavy atom. The molecular formula is C30H30N6O3. The molecule has 1 aliphatic heterocycles. The second kappa shape index (κ2) is 11.0. The minimum atomic E-state index is -0.980. The molecule has 0 aliphatic carbocycles. The number of hydrogen-bond acceptors (Lipinski definition) is 8. The van der Waals surface area contributed by atoms with E-state index in [0.717, 1.165) is 48.4 Å². The summed E-state index contributed by atoms with van der Waals surface area (Å²) in [6.07, 6.45) is 8.73. The number of aromatic nitrogens is 4. The van der Waals surface area contributed by atoms with E-state index >= 15 is 0 Å². The maximum atomic E-state index is 10.1. The predicted molar refractivity (Wildman–Crippen MR) is 148 cm³/mol. The van der Waals surface area contributed by atoms with Gasteiger partial charge in [0.05, 0.1) is 36.2 Å². The molecule has 1 fully saturated rings. The lowest BCUT2D eigenvalue weighted by Gasteiger charge is -2.30. The van der Waals surface area contributed by atoms with Crippen molar-refractivity contribution in [2.45, 2.75) is 32.3 Å². The van der Waals surface area contributed by atoms with Gasteiger partial charge in [0.1, 0.15) is 24.2 Å². The van der Waals surface area contributed by atoms with Crippen LogP contribution in [0.15, 0.2) is 55.1 Å². The Hall–Kier alpha value is -4.60. The Bertz CT molecular complexity index is 1550. The molecule has 9 heteroatoms. The summed E-state index contributed by atoms with van der Waals surface area (Å²) in [5.41, 5.74) is 2.70. The first kappa shape index (κ1) is 26.0. The summed E-state index contributed by atoms with van der Waals surface area (Å²) in [6, 6.07) is 11.8. The Balaban J connectivity index is 1.30. The Morgan fingerprint density at radius 3 is 2.56 bits per heavy atom. The Kier molecular flexibility index (Phi) is 7.36. The molecule has 0 unspecified atom stereocenters. The molecule has 1 saturated heterocycles. The average molecular weight is 523 g/mol. The summed E-state index contributed by atoms with van der Waals surface area (Å²) in [5.74, 6) is 8.98. The summed E-state index contributed by atoms with van der Waals surface area (Å²) in [6.45, 7) is 5.24. The van der Waals surface area contributed by atoms with Gasteiger partial charge in [-0.05, 0) is 51.0 Å². The van der Waals surface area contributed by atoms with Crippen molar-refractivity contribution >= 4 is 11.3 Å². The van der Waals surface area contributed by atoms with Crippen molar-refractivity contribution in [2.24, 2.45) is 5.92 Å². The fraction of sp³-hybridized carbons (Fsp3) is 0.333. The topological polar surface area (TPSA) is 109 Å². The zero-order chi connectivity index (χ0) is 27.4. The van der Waals surface area contributed by atoms with Crippen molar-refractivity contribution < 1.29 is 14.6 Å². The van der Waals surface area contributed by atoms with Crippen molar-refractivity contribution in [2.75, 3.05) is 31.7 Å². The minimum absolute atomic E-state index is 0.124. The molecule has 0 aromatic carbocycles. The van der Waals surface area contributed by atoms with Crippen LogP contribution in [0.4, 0.5) is 5.82 Å². The number of fused-ring (bicyclic) bond motifs is 1. The molecule has 0 spiro atoms. The fourth-order valence-electron chi connectivity index (χ4n) is 4.48. The van der Waals surface area contributed by atoms with Gasteiger partial charge >= 0.3 is 0 Å². The van der Waals surface area contributed by atoms with Crippen LogP contribution in [-0.4, -0.2) is 57.1 Å². The second-order valence-corrected chi connectivity index (χ2v) is 10.2. The number of nitriles is 1. The van der Waals surface area contributed by atoms with E-state index in [4.69, 9.17) is 14.5 Å². The first-order chi connectivity index (χ1) is 18.8. The number of anilines is 1. The predicted octanol–water partition coefficient (Wildman–Crippen LogP) is 4.09. The van der Waals surface area contributed by atoms with E-state index in [0.29, 0.717) is 28.6 Å². The number of ether oxygens (including phenoxy) is 2. The van der Waals surface area contributed by atoms with E-state index in [1.54, 1.807) is 44.1 Å². The molecule has 198 valence electrons. The smallest absolute Gasteiger partial charge is 0.212 e. The Labute approximate surface area is 227 Å². The average Bonchev–Trinajstić information content (AvgIpc) is 3.38. The number of pyridine rings is 3. The van der Waals surface area contributed by atoms with Gasteiger partial charge in [0, 0.05) is 54.2 Å². The van der Waals surface area contributed by atoms with Crippen LogP contribution in [-0.2, 0) is 0 Å². The maximum absolute atomic E-state index is 10.1. The molecule has 4 aromatic rings. The molecule has 0 bridgehead atoms. The van der Waals surface area contributed by atoms with Crippen LogP contribution in [0.1, 0.15) is 37.8 Å². The number of aliphatic hydroxyl groups is 1. The summed E-state index contributed by atoms with van der Waals surface area (Å²) < 4.78 is 12.6.